The van der Waals surface area contributed by atoms with Gasteiger partial charge in [-0.25, -0.2) is 4.68 Å². The van der Waals surface area contributed by atoms with Gasteiger partial charge in [-0.15, -0.1) is 0 Å². The number of hydrogen-bond acceptors (Lipinski definition) is 3. The van der Waals surface area contributed by atoms with E-state index in [-0.39, 0.29) is 11.9 Å². The van der Waals surface area contributed by atoms with E-state index in [1.54, 1.807) is 4.68 Å². The molecule has 0 saturated carbocycles. The third kappa shape index (κ3) is 4.20. The Morgan fingerprint density at radius 3 is 2.46 bits per heavy atom. The predicted molar refractivity (Wildman–Crippen MR) is 103 cm³/mol. The number of aromatic nitrogens is 2. The normalized spacial score (nSPS) is 10.9. The summed E-state index contributed by atoms with van der Waals surface area (Å²) in [6, 6.07) is 19.8. The predicted octanol–water partition coefficient (Wildman–Crippen LogP) is 4.84. The molecular weight excluding hydrogens is 324 g/mol. The number of esters is 1. The van der Waals surface area contributed by atoms with Gasteiger partial charge in [0.25, 0.3) is 0 Å². The van der Waals surface area contributed by atoms with Crippen LogP contribution in [0.1, 0.15) is 43.0 Å². The fourth-order valence-electron chi connectivity index (χ4n) is 2.77. The molecule has 3 rings (SSSR count). The van der Waals surface area contributed by atoms with Crippen molar-refractivity contribution in [2.75, 3.05) is 0 Å². The molecule has 4 heteroatoms. The molecule has 134 valence electrons. The number of rotatable bonds is 6. The van der Waals surface area contributed by atoms with Gasteiger partial charge in [-0.05, 0) is 36.5 Å². The van der Waals surface area contributed by atoms with Gasteiger partial charge >= 0.3 is 5.97 Å². The molecule has 0 aliphatic rings. The zero-order valence-electron chi connectivity index (χ0n) is 15.5. The number of hydrogen-bond donors (Lipinski definition) is 0. The van der Waals surface area contributed by atoms with Gasteiger partial charge in [0.15, 0.2) is 0 Å². The Labute approximate surface area is 154 Å². The van der Waals surface area contributed by atoms with Gasteiger partial charge in [-0.2, -0.15) is 5.10 Å². The molecule has 0 aliphatic heterocycles. The Morgan fingerprint density at radius 2 is 1.77 bits per heavy atom. The first-order valence-corrected chi connectivity index (χ1v) is 8.95. The van der Waals surface area contributed by atoms with Crippen LogP contribution in [0.3, 0.4) is 0 Å². The summed E-state index contributed by atoms with van der Waals surface area (Å²) >= 11 is 0. The van der Waals surface area contributed by atoms with Gasteiger partial charge in [0, 0.05) is 6.07 Å². The van der Waals surface area contributed by atoms with E-state index in [1.807, 2.05) is 67.6 Å². The van der Waals surface area contributed by atoms with E-state index in [0.717, 1.165) is 22.5 Å². The Kier molecular flexibility index (Phi) is 5.52. The SMILES string of the molecule is Cc1ccccc1-n1nc(C(C)C)cc1OC(=O)CCc1ccccc1. The first kappa shape index (κ1) is 17.9. The van der Waals surface area contributed by atoms with E-state index < -0.39 is 0 Å². The monoisotopic (exact) mass is 348 g/mol. The summed E-state index contributed by atoms with van der Waals surface area (Å²) in [5.41, 5.74) is 4.02. The number of carbonyl (C=O) groups is 1. The van der Waals surface area contributed by atoms with Gasteiger partial charge in [0.05, 0.1) is 17.8 Å². The van der Waals surface area contributed by atoms with Crippen molar-refractivity contribution in [1.82, 2.24) is 9.78 Å². The second-order valence-electron chi connectivity index (χ2n) is 6.72. The van der Waals surface area contributed by atoms with Crippen LogP contribution in [0, 0.1) is 6.92 Å². The lowest BCUT2D eigenvalue weighted by Gasteiger charge is -2.10. The molecule has 0 fully saturated rings. The van der Waals surface area contributed by atoms with Crippen molar-refractivity contribution in [3.8, 4) is 11.6 Å². The number of carbonyl (C=O) groups excluding carboxylic acids is 1. The Bertz CT molecular complexity index is 882. The van der Waals surface area contributed by atoms with Crippen molar-refractivity contribution in [2.24, 2.45) is 0 Å². The fraction of sp³-hybridized carbons (Fsp3) is 0.273. The quantitative estimate of drug-likeness (QED) is 0.599. The molecule has 0 spiro atoms. The fourth-order valence-corrected chi connectivity index (χ4v) is 2.77. The smallest absolute Gasteiger partial charge is 0.312 e. The van der Waals surface area contributed by atoms with E-state index >= 15 is 0 Å². The van der Waals surface area contributed by atoms with Crippen LogP contribution < -0.4 is 4.74 Å². The van der Waals surface area contributed by atoms with Crippen molar-refractivity contribution < 1.29 is 9.53 Å². The van der Waals surface area contributed by atoms with Gasteiger partial charge < -0.3 is 4.74 Å². The molecule has 0 bridgehead atoms. The number of nitrogens with zero attached hydrogens (tertiary/aromatic N) is 2. The lowest BCUT2D eigenvalue weighted by molar-refractivity contribution is -0.134. The highest BCUT2D eigenvalue weighted by molar-refractivity contribution is 5.72. The summed E-state index contributed by atoms with van der Waals surface area (Å²) in [5, 5.41) is 4.65. The lowest BCUT2D eigenvalue weighted by atomic mass is 10.1. The molecular formula is C22H24N2O2. The van der Waals surface area contributed by atoms with E-state index in [9.17, 15) is 4.79 Å². The molecule has 1 aromatic heterocycles. The molecule has 1 heterocycles. The number of aryl methyl sites for hydroxylation is 2. The average molecular weight is 348 g/mol. The number of para-hydroxylation sites is 1. The highest BCUT2D eigenvalue weighted by Crippen LogP contribution is 2.26. The largest absolute Gasteiger partial charge is 0.407 e. The summed E-state index contributed by atoms with van der Waals surface area (Å²) in [6.07, 6.45) is 0.995. The summed E-state index contributed by atoms with van der Waals surface area (Å²) in [6.45, 7) is 6.17. The Balaban J connectivity index is 1.80. The van der Waals surface area contributed by atoms with Gasteiger partial charge in [-0.3, -0.25) is 4.79 Å². The molecule has 0 radical (unpaired) electrons. The van der Waals surface area contributed by atoms with Crippen LogP contribution >= 0.6 is 0 Å². The van der Waals surface area contributed by atoms with Crippen LogP contribution in [0.5, 0.6) is 5.88 Å². The molecule has 0 aliphatic carbocycles. The van der Waals surface area contributed by atoms with Crippen LogP contribution in [0.25, 0.3) is 5.69 Å². The molecule has 4 nitrogen and oxygen atoms in total. The topological polar surface area (TPSA) is 44.1 Å². The van der Waals surface area contributed by atoms with Crippen LogP contribution in [0.4, 0.5) is 0 Å². The lowest BCUT2D eigenvalue weighted by Crippen LogP contribution is -2.12. The molecule has 2 aromatic carbocycles. The first-order chi connectivity index (χ1) is 12.5. The first-order valence-electron chi connectivity index (χ1n) is 8.95. The van der Waals surface area contributed by atoms with Crippen molar-refractivity contribution in [2.45, 2.75) is 39.5 Å². The third-order valence-corrected chi connectivity index (χ3v) is 4.31. The standard InChI is InChI=1S/C22H24N2O2/c1-16(2)19-15-21(24(23-19)20-12-8-7-9-17(20)3)26-22(25)14-13-18-10-5-4-6-11-18/h4-12,15-16H,13-14H2,1-3H3. The van der Waals surface area contributed by atoms with E-state index in [4.69, 9.17) is 4.74 Å². The van der Waals surface area contributed by atoms with Crippen molar-refractivity contribution in [3.05, 3.63) is 77.5 Å². The van der Waals surface area contributed by atoms with Gasteiger partial charge in [0.2, 0.25) is 5.88 Å². The van der Waals surface area contributed by atoms with Crippen molar-refractivity contribution in [3.63, 3.8) is 0 Å². The highest BCUT2D eigenvalue weighted by Gasteiger charge is 2.17. The van der Waals surface area contributed by atoms with Crippen molar-refractivity contribution >= 4 is 5.97 Å². The zero-order chi connectivity index (χ0) is 18.5. The molecule has 0 amide bonds. The van der Waals surface area contributed by atoms with Gasteiger partial charge in [-0.1, -0.05) is 62.4 Å². The summed E-state index contributed by atoms with van der Waals surface area (Å²) < 4.78 is 7.40. The summed E-state index contributed by atoms with van der Waals surface area (Å²) in [5.74, 6) is 0.474. The van der Waals surface area contributed by atoms with E-state index in [2.05, 4.69) is 18.9 Å². The van der Waals surface area contributed by atoms with Crippen LogP contribution in [0.2, 0.25) is 0 Å². The van der Waals surface area contributed by atoms with Crippen molar-refractivity contribution in [1.29, 1.82) is 0 Å². The molecule has 0 saturated heterocycles. The Morgan fingerprint density at radius 1 is 1.08 bits per heavy atom. The van der Waals surface area contributed by atoms with E-state index in [0.29, 0.717) is 18.7 Å². The number of ether oxygens (including phenoxy) is 1. The number of benzene rings is 2. The van der Waals surface area contributed by atoms with Crippen LogP contribution in [-0.2, 0) is 11.2 Å². The second kappa shape index (κ2) is 8.00. The molecule has 0 unspecified atom stereocenters. The second-order valence-corrected chi connectivity index (χ2v) is 6.72. The van der Waals surface area contributed by atoms with Crippen LogP contribution in [0.15, 0.2) is 60.7 Å². The maximum atomic E-state index is 12.4. The maximum absolute atomic E-state index is 12.4. The highest BCUT2D eigenvalue weighted by atomic mass is 16.5. The Hall–Kier alpha value is -2.88. The average Bonchev–Trinajstić information content (AvgIpc) is 3.05. The maximum Gasteiger partial charge on any atom is 0.312 e. The van der Waals surface area contributed by atoms with Gasteiger partial charge in [0.1, 0.15) is 0 Å². The minimum Gasteiger partial charge on any atom is -0.407 e. The molecule has 26 heavy (non-hydrogen) atoms. The van der Waals surface area contributed by atoms with Crippen LogP contribution in [-0.4, -0.2) is 15.7 Å². The zero-order valence-corrected chi connectivity index (χ0v) is 15.5. The minimum absolute atomic E-state index is 0.251. The third-order valence-electron chi connectivity index (χ3n) is 4.31. The minimum atomic E-state index is -0.251. The van der Waals surface area contributed by atoms with E-state index in [1.165, 1.54) is 0 Å². The summed E-state index contributed by atoms with van der Waals surface area (Å²) in [7, 11) is 0. The molecule has 0 atom stereocenters. The summed E-state index contributed by atoms with van der Waals surface area (Å²) in [4.78, 5) is 12.4. The molecule has 0 N–H and O–H groups in total. The molecule has 3 aromatic rings.